The minimum atomic E-state index is -3.09. The Morgan fingerprint density at radius 3 is 2.44 bits per heavy atom. The molecule has 0 saturated carbocycles. The van der Waals surface area contributed by atoms with Crippen molar-refractivity contribution in [1.82, 2.24) is 15.2 Å². The number of aromatic nitrogens is 1. The number of carbonyl (C=O) groups is 1. The molecule has 2 atom stereocenters. The van der Waals surface area contributed by atoms with E-state index < -0.39 is 22.0 Å². The van der Waals surface area contributed by atoms with Crippen LogP contribution in [0.25, 0.3) is 10.9 Å². The van der Waals surface area contributed by atoms with Crippen LogP contribution in [0, 0.1) is 5.92 Å². The number of amides is 1. The van der Waals surface area contributed by atoms with Gasteiger partial charge in [0, 0.05) is 47.5 Å². The van der Waals surface area contributed by atoms with Crippen molar-refractivity contribution < 1.29 is 18.3 Å². The molecular formula is C33H49N3O4S. The molecule has 0 aliphatic carbocycles. The molecule has 0 saturated heterocycles. The van der Waals surface area contributed by atoms with Crippen LogP contribution in [0.5, 0.6) is 0 Å². The first-order chi connectivity index (χ1) is 19.3. The van der Waals surface area contributed by atoms with Crippen molar-refractivity contribution in [2.24, 2.45) is 5.92 Å². The number of carbonyl (C=O) groups excluding carboxylic acids is 1. The van der Waals surface area contributed by atoms with Crippen LogP contribution < -0.4 is 10.6 Å². The van der Waals surface area contributed by atoms with Gasteiger partial charge < -0.3 is 20.3 Å². The fourth-order valence-electron chi connectivity index (χ4n) is 5.21. The van der Waals surface area contributed by atoms with Gasteiger partial charge in [0.2, 0.25) is 0 Å². The topological polar surface area (TPSA) is 100 Å². The van der Waals surface area contributed by atoms with E-state index in [1.165, 1.54) is 12.7 Å². The van der Waals surface area contributed by atoms with Crippen LogP contribution in [0.4, 0.5) is 0 Å². The fraction of sp³-hybridized carbons (Fsp3) is 0.545. The molecule has 7 nitrogen and oxygen atoms in total. The van der Waals surface area contributed by atoms with Crippen molar-refractivity contribution in [2.75, 3.05) is 18.6 Å². The lowest BCUT2D eigenvalue weighted by Gasteiger charge is -2.31. The average Bonchev–Trinajstić information content (AvgIpc) is 3.27. The third-order valence-electron chi connectivity index (χ3n) is 7.76. The maximum Gasteiger partial charge on any atom is 0.251 e. The first-order valence-corrected chi connectivity index (χ1v) is 16.9. The Hall–Kier alpha value is -2.68. The molecule has 1 heterocycles. The minimum Gasteiger partial charge on any atom is -0.390 e. The standard InChI is InChI=1S/C33H49N3O4S/c1-7-26-23-36(18-19-41(6,39)40)30-16-15-27(21-28(26)30)32(38)35-29(20-25-13-9-8-10-14-25)31(37)22-34-33(4,5)17-11-12-24(2)3/h8-10,13-16,21,23-24,29,31,34,37H,7,11-12,17-20,22H2,1-6H3,(H,35,38)/t29-,31+/m0/s1. The van der Waals surface area contributed by atoms with Gasteiger partial charge in [-0.15, -0.1) is 0 Å². The summed E-state index contributed by atoms with van der Waals surface area (Å²) in [5, 5.41) is 18.9. The highest BCUT2D eigenvalue weighted by Crippen LogP contribution is 2.24. The Labute approximate surface area is 246 Å². The van der Waals surface area contributed by atoms with Crippen LogP contribution >= 0.6 is 0 Å². The van der Waals surface area contributed by atoms with Crippen molar-refractivity contribution in [3.05, 3.63) is 71.4 Å². The van der Waals surface area contributed by atoms with Crippen molar-refractivity contribution in [3.63, 3.8) is 0 Å². The predicted octanol–water partition coefficient (Wildman–Crippen LogP) is 5.14. The Morgan fingerprint density at radius 2 is 1.80 bits per heavy atom. The summed E-state index contributed by atoms with van der Waals surface area (Å²) in [5.74, 6) is 0.485. The Morgan fingerprint density at radius 1 is 1.10 bits per heavy atom. The van der Waals surface area contributed by atoms with Gasteiger partial charge in [-0.25, -0.2) is 8.42 Å². The summed E-state index contributed by atoms with van der Waals surface area (Å²) in [4.78, 5) is 13.5. The van der Waals surface area contributed by atoms with Crippen molar-refractivity contribution in [1.29, 1.82) is 0 Å². The molecule has 0 spiro atoms. The lowest BCUT2D eigenvalue weighted by atomic mass is 9.93. The number of nitrogens with one attached hydrogen (secondary N) is 2. The highest BCUT2D eigenvalue weighted by molar-refractivity contribution is 7.90. The van der Waals surface area contributed by atoms with Crippen LogP contribution in [0.15, 0.2) is 54.7 Å². The van der Waals surface area contributed by atoms with Gasteiger partial charge in [-0.05, 0) is 68.4 Å². The van der Waals surface area contributed by atoms with Gasteiger partial charge in [0.15, 0.2) is 0 Å². The number of fused-ring (bicyclic) bond motifs is 1. The SMILES string of the molecule is CCc1cn(CCS(C)(=O)=O)c2ccc(C(=O)N[C@@H](Cc3ccccc3)[C@H](O)CNC(C)(C)CCCC(C)C)cc12. The largest absolute Gasteiger partial charge is 0.390 e. The van der Waals surface area contributed by atoms with E-state index >= 15 is 0 Å². The fourth-order valence-corrected chi connectivity index (χ4v) is 5.74. The number of aliphatic hydroxyl groups is 1. The van der Waals surface area contributed by atoms with Crippen molar-refractivity contribution in [3.8, 4) is 0 Å². The molecule has 41 heavy (non-hydrogen) atoms. The first-order valence-electron chi connectivity index (χ1n) is 14.9. The second kappa shape index (κ2) is 14.5. The Balaban J connectivity index is 1.78. The molecular weight excluding hydrogens is 534 g/mol. The molecule has 0 fully saturated rings. The van der Waals surface area contributed by atoms with Crippen LogP contribution in [0.2, 0.25) is 0 Å². The summed E-state index contributed by atoms with van der Waals surface area (Å²) in [5.41, 5.74) is 3.41. The van der Waals surface area contributed by atoms with Gasteiger partial charge in [0.1, 0.15) is 9.84 Å². The molecule has 1 amide bonds. The summed E-state index contributed by atoms with van der Waals surface area (Å²) in [6, 6.07) is 15.0. The molecule has 0 unspecified atom stereocenters. The number of sulfone groups is 1. The second-order valence-electron chi connectivity index (χ2n) is 12.5. The number of aryl methyl sites for hydroxylation is 2. The number of hydrogen-bond donors (Lipinski definition) is 3. The summed E-state index contributed by atoms with van der Waals surface area (Å²) in [6.07, 6.45) is 7.02. The summed E-state index contributed by atoms with van der Waals surface area (Å²) < 4.78 is 25.4. The van der Waals surface area contributed by atoms with E-state index in [2.05, 4.69) is 38.3 Å². The zero-order valence-corrected chi connectivity index (χ0v) is 26.4. The smallest absolute Gasteiger partial charge is 0.251 e. The molecule has 8 heteroatoms. The van der Waals surface area contributed by atoms with Gasteiger partial charge in [0.25, 0.3) is 5.91 Å². The normalized spacial score (nSPS) is 14.0. The van der Waals surface area contributed by atoms with Gasteiger partial charge in [0.05, 0.1) is 17.9 Å². The average molecular weight is 584 g/mol. The quantitative estimate of drug-likeness (QED) is 0.217. The Kier molecular flexibility index (Phi) is 11.6. The number of hydrogen-bond acceptors (Lipinski definition) is 5. The van der Waals surface area contributed by atoms with Crippen molar-refractivity contribution in [2.45, 2.75) is 91.0 Å². The molecule has 226 valence electrons. The molecule has 3 aromatic rings. The van der Waals surface area contributed by atoms with Gasteiger partial charge >= 0.3 is 0 Å². The zero-order chi connectivity index (χ0) is 30.2. The second-order valence-corrected chi connectivity index (χ2v) is 14.7. The summed E-state index contributed by atoms with van der Waals surface area (Å²) >= 11 is 0. The van der Waals surface area contributed by atoms with E-state index in [9.17, 15) is 18.3 Å². The van der Waals surface area contributed by atoms with Gasteiger partial charge in [-0.3, -0.25) is 4.79 Å². The van der Waals surface area contributed by atoms with Crippen LogP contribution in [-0.2, 0) is 29.2 Å². The lowest BCUT2D eigenvalue weighted by molar-refractivity contribution is 0.0812. The Bertz CT molecular complexity index is 1380. The maximum atomic E-state index is 13.5. The first kappa shape index (κ1) is 32.8. The van der Waals surface area contributed by atoms with E-state index in [1.54, 1.807) is 6.07 Å². The summed E-state index contributed by atoms with van der Waals surface area (Å²) in [6.45, 7) is 11.6. The zero-order valence-electron chi connectivity index (χ0n) is 25.6. The molecule has 0 bridgehead atoms. The van der Waals surface area contributed by atoms with Crippen LogP contribution in [-0.4, -0.2) is 60.2 Å². The molecule has 0 radical (unpaired) electrons. The number of nitrogens with zero attached hydrogens (tertiary/aromatic N) is 1. The van der Waals surface area contributed by atoms with E-state index in [1.807, 2.05) is 60.2 Å². The van der Waals surface area contributed by atoms with E-state index in [4.69, 9.17) is 0 Å². The molecule has 2 aromatic carbocycles. The number of rotatable bonds is 16. The molecule has 0 aliphatic rings. The predicted molar refractivity (Wildman–Crippen MR) is 169 cm³/mol. The molecule has 3 N–H and O–H groups in total. The van der Waals surface area contributed by atoms with Crippen LogP contribution in [0.3, 0.4) is 0 Å². The number of benzene rings is 2. The maximum absolute atomic E-state index is 13.5. The van der Waals surface area contributed by atoms with Crippen LogP contribution in [0.1, 0.15) is 75.4 Å². The third-order valence-corrected chi connectivity index (χ3v) is 8.69. The number of aliphatic hydroxyl groups excluding tert-OH is 1. The van der Waals surface area contributed by atoms with Crippen molar-refractivity contribution >= 4 is 26.6 Å². The summed E-state index contributed by atoms with van der Waals surface area (Å²) in [7, 11) is -3.09. The monoisotopic (exact) mass is 583 g/mol. The van der Waals surface area contributed by atoms with E-state index in [0.717, 1.165) is 41.3 Å². The highest BCUT2D eigenvalue weighted by Gasteiger charge is 2.26. The number of β-amino-alcohol motifs (C(OH)–C–C–N with tert-alkyl or cyclic N) is 1. The molecule has 3 rings (SSSR count). The van der Waals surface area contributed by atoms with E-state index in [0.29, 0.717) is 31.0 Å². The van der Waals surface area contributed by atoms with E-state index in [-0.39, 0.29) is 17.2 Å². The van der Waals surface area contributed by atoms with Gasteiger partial charge in [-0.2, -0.15) is 0 Å². The molecule has 1 aromatic heterocycles. The van der Waals surface area contributed by atoms with Gasteiger partial charge in [-0.1, -0.05) is 63.9 Å². The third kappa shape index (κ3) is 10.3. The lowest BCUT2D eigenvalue weighted by Crippen LogP contribution is -2.52. The highest BCUT2D eigenvalue weighted by atomic mass is 32.2. The molecule has 0 aliphatic heterocycles. The minimum absolute atomic E-state index is 0.0593.